The van der Waals surface area contributed by atoms with Crippen LogP contribution < -0.4 is 0 Å². The van der Waals surface area contributed by atoms with Crippen LogP contribution in [0.5, 0.6) is 0 Å². The molecule has 3 aromatic rings. The topological polar surface area (TPSA) is 41.1 Å². The van der Waals surface area contributed by atoms with Gasteiger partial charge in [-0.2, -0.15) is 18.4 Å². The van der Waals surface area contributed by atoms with Crippen molar-refractivity contribution in [1.29, 1.82) is 5.26 Å². The molecule has 0 radical (unpaired) electrons. The molecule has 3 nitrogen and oxygen atoms in total. The highest BCUT2D eigenvalue weighted by Gasteiger charge is 2.30. The third-order valence-corrected chi connectivity index (χ3v) is 3.07. The van der Waals surface area contributed by atoms with E-state index in [1.807, 2.05) is 6.07 Å². The molecular formula is C15H8F3N3. The van der Waals surface area contributed by atoms with Crippen LogP contribution >= 0.6 is 0 Å². The van der Waals surface area contributed by atoms with Crippen LogP contribution in [0.4, 0.5) is 13.2 Å². The van der Waals surface area contributed by atoms with Crippen LogP contribution in [0.15, 0.2) is 48.8 Å². The molecule has 21 heavy (non-hydrogen) atoms. The summed E-state index contributed by atoms with van der Waals surface area (Å²) in [5.41, 5.74) is 1.36. The SMILES string of the molecule is N#Cc1cccc(-c2cn3cc(C(F)(F)F)ccc3n2)c1. The van der Waals surface area contributed by atoms with Crippen molar-refractivity contribution >= 4 is 5.65 Å². The molecule has 0 unspecified atom stereocenters. The largest absolute Gasteiger partial charge is 0.417 e. The Bertz CT molecular complexity index is 856. The highest BCUT2D eigenvalue weighted by Crippen LogP contribution is 2.30. The van der Waals surface area contributed by atoms with E-state index in [1.54, 1.807) is 24.3 Å². The number of benzene rings is 1. The molecule has 0 aliphatic heterocycles. The van der Waals surface area contributed by atoms with E-state index in [-0.39, 0.29) is 0 Å². The molecule has 0 saturated carbocycles. The van der Waals surface area contributed by atoms with E-state index in [4.69, 9.17) is 5.26 Å². The van der Waals surface area contributed by atoms with Crippen LogP contribution in [0.3, 0.4) is 0 Å². The van der Waals surface area contributed by atoms with Crippen molar-refractivity contribution in [2.45, 2.75) is 6.18 Å². The molecule has 2 heterocycles. The Morgan fingerprint density at radius 1 is 1.10 bits per heavy atom. The van der Waals surface area contributed by atoms with E-state index < -0.39 is 11.7 Å². The fourth-order valence-electron chi connectivity index (χ4n) is 2.05. The van der Waals surface area contributed by atoms with Gasteiger partial charge < -0.3 is 4.40 Å². The maximum atomic E-state index is 12.7. The van der Waals surface area contributed by atoms with Gasteiger partial charge in [0.25, 0.3) is 0 Å². The smallest absolute Gasteiger partial charge is 0.306 e. The van der Waals surface area contributed by atoms with Gasteiger partial charge in [-0.3, -0.25) is 0 Å². The normalized spacial score (nSPS) is 11.5. The van der Waals surface area contributed by atoms with Crippen LogP contribution in [0, 0.1) is 11.3 Å². The molecular weight excluding hydrogens is 279 g/mol. The monoisotopic (exact) mass is 287 g/mol. The van der Waals surface area contributed by atoms with Gasteiger partial charge in [-0.05, 0) is 24.3 Å². The van der Waals surface area contributed by atoms with Gasteiger partial charge in [0.2, 0.25) is 0 Å². The first-order chi connectivity index (χ1) is 9.97. The van der Waals surface area contributed by atoms with Gasteiger partial charge in [0, 0.05) is 18.0 Å². The van der Waals surface area contributed by atoms with E-state index in [1.165, 1.54) is 16.7 Å². The summed E-state index contributed by atoms with van der Waals surface area (Å²) in [4.78, 5) is 4.27. The Morgan fingerprint density at radius 2 is 1.90 bits per heavy atom. The molecule has 0 bridgehead atoms. The van der Waals surface area contributed by atoms with Crippen LogP contribution in [-0.2, 0) is 6.18 Å². The molecule has 0 fully saturated rings. The summed E-state index contributed by atoms with van der Waals surface area (Å²) in [7, 11) is 0. The molecule has 1 aromatic carbocycles. The van der Waals surface area contributed by atoms with Gasteiger partial charge in [0.05, 0.1) is 22.9 Å². The van der Waals surface area contributed by atoms with Crippen molar-refractivity contribution < 1.29 is 13.2 Å². The van der Waals surface area contributed by atoms with Gasteiger partial charge in [-0.1, -0.05) is 12.1 Å². The number of halogens is 3. The fraction of sp³-hybridized carbons (Fsp3) is 0.0667. The van der Waals surface area contributed by atoms with Crippen molar-refractivity contribution in [3.8, 4) is 17.3 Å². The second kappa shape index (κ2) is 4.63. The Hall–Kier alpha value is -2.81. The number of hydrogen-bond donors (Lipinski definition) is 0. The lowest BCUT2D eigenvalue weighted by atomic mass is 10.1. The maximum absolute atomic E-state index is 12.7. The summed E-state index contributed by atoms with van der Waals surface area (Å²) in [5.74, 6) is 0. The first-order valence-electron chi connectivity index (χ1n) is 6.04. The molecule has 3 rings (SSSR count). The zero-order chi connectivity index (χ0) is 15.0. The first kappa shape index (κ1) is 13.2. The van der Waals surface area contributed by atoms with E-state index in [2.05, 4.69) is 4.98 Å². The van der Waals surface area contributed by atoms with Gasteiger partial charge in [-0.15, -0.1) is 0 Å². The summed E-state index contributed by atoms with van der Waals surface area (Å²) < 4.78 is 39.4. The summed E-state index contributed by atoms with van der Waals surface area (Å²) in [6.45, 7) is 0. The zero-order valence-corrected chi connectivity index (χ0v) is 10.6. The van der Waals surface area contributed by atoms with Crippen molar-refractivity contribution in [3.05, 3.63) is 59.9 Å². The van der Waals surface area contributed by atoms with Crippen LogP contribution in [0.2, 0.25) is 0 Å². The maximum Gasteiger partial charge on any atom is 0.417 e. The number of nitrogens with zero attached hydrogens (tertiary/aromatic N) is 3. The quantitative estimate of drug-likeness (QED) is 0.681. The second-order valence-corrected chi connectivity index (χ2v) is 4.50. The standard InChI is InChI=1S/C15H8F3N3/c16-15(17,18)12-4-5-14-20-13(9-21(14)8-12)11-3-1-2-10(6-11)7-19/h1-6,8-9H. The number of rotatable bonds is 1. The van der Waals surface area contributed by atoms with E-state index in [0.717, 1.165) is 12.3 Å². The summed E-state index contributed by atoms with van der Waals surface area (Å²) >= 11 is 0. The number of nitriles is 1. The molecule has 0 atom stereocenters. The molecule has 2 aromatic heterocycles. The number of aromatic nitrogens is 2. The lowest BCUT2D eigenvalue weighted by Crippen LogP contribution is -2.05. The third-order valence-electron chi connectivity index (χ3n) is 3.07. The average Bonchev–Trinajstić information content (AvgIpc) is 2.89. The van der Waals surface area contributed by atoms with Crippen molar-refractivity contribution in [1.82, 2.24) is 9.38 Å². The van der Waals surface area contributed by atoms with Crippen LogP contribution in [0.1, 0.15) is 11.1 Å². The minimum absolute atomic E-state index is 0.417. The highest BCUT2D eigenvalue weighted by atomic mass is 19.4. The number of hydrogen-bond acceptors (Lipinski definition) is 2. The van der Waals surface area contributed by atoms with Crippen molar-refractivity contribution in [2.75, 3.05) is 0 Å². The van der Waals surface area contributed by atoms with Gasteiger partial charge in [0.1, 0.15) is 5.65 Å². The number of pyridine rings is 1. The predicted molar refractivity (Wildman–Crippen MR) is 70.3 cm³/mol. The predicted octanol–water partition coefficient (Wildman–Crippen LogP) is 3.89. The molecule has 0 spiro atoms. The fourth-order valence-corrected chi connectivity index (χ4v) is 2.05. The average molecular weight is 287 g/mol. The minimum atomic E-state index is -4.39. The third kappa shape index (κ3) is 2.46. The summed E-state index contributed by atoms with van der Waals surface area (Å²) in [6, 6.07) is 11.1. The molecule has 0 N–H and O–H groups in total. The Morgan fingerprint density at radius 3 is 2.62 bits per heavy atom. The van der Waals surface area contributed by atoms with Crippen molar-refractivity contribution in [3.63, 3.8) is 0 Å². The lowest BCUT2D eigenvalue weighted by Gasteiger charge is -2.05. The van der Waals surface area contributed by atoms with Gasteiger partial charge in [-0.25, -0.2) is 4.98 Å². The van der Waals surface area contributed by atoms with Crippen LogP contribution in [-0.4, -0.2) is 9.38 Å². The molecule has 104 valence electrons. The number of imidazole rings is 1. The van der Waals surface area contributed by atoms with Crippen LogP contribution in [0.25, 0.3) is 16.9 Å². The highest BCUT2D eigenvalue weighted by molar-refractivity contribution is 5.64. The Balaban J connectivity index is 2.11. The van der Waals surface area contributed by atoms with E-state index in [0.29, 0.717) is 22.5 Å². The Kier molecular flexibility index (Phi) is 2.91. The molecule has 0 aliphatic carbocycles. The molecule has 0 amide bonds. The first-order valence-corrected chi connectivity index (χ1v) is 6.04. The molecule has 0 saturated heterocycles. The Labute approximate surface area is 117 Å². The van der Waals surface area contributed by atoms with E-state index >= 15 is 0 Å². The second-order valence-electron chi connectivity index (χ2n) is 4.50. The lowest BCUT2D eigenvalue weighted by molar-refractivity contribution is -0.137. The van der Waals surface area contributed by atoms with E-state index in [9.17, 15) is 13.2 Å². The molecule has 0 aliphatic rings. The number of alkyl halides is 3. The summed E-state index contributed by atoms with van der Waals surface area (Å²) in [6.07, 6.45) is -1.87. The zero-order valence-electron chi connectivity index (χ0n) is 10.6. The van der Waals surface area contributed by atoms with Gasteiger partial charge >= 0.3 is 6.18 Å². The minimum Gasteiger partial charge on any atom is -0.306 e. The number of fused-ring (bicyclic) bond motifs is 1. The van der Waals surface area contributed by atoms with Crippen molar-refractivity contribution in [2.24, 2.45) is 0 Å². The molecule has 6 heteroatoms. The summed E-state index contributed by atoms with van der Waals surface area (Å²) in [5, 5.41) is 8.87. The van der Waals surface area contributed by atoms with Gasteiger partial charge in [0.15, 0.2) is 0 Å².